The van der Waals surface area contributed by atoms with Crippen molar-refractivity contribution < 1.29 is 14.6 Å². The van der Waals surface area contributed by atoms with Gasteiger partial charge in [-0.25, -0.2) is 0 Å². The molecule has 0 aliphatic carbocycles. The third kappa shape index (κ3) is 2.91. The predicted octanol–water partition coefficient (Wildman–Crippen LogP) is 2.41. The third-order valence-corrected chi connectivity index (χ3v) is 5.47. The van der Waals surface area contributed by atoms with Crippen LogP contribution in [0.4, 0.5) is 0 Å². The Balaban J connectivity index is 2.04. The smallest absolute Gasteiger partial charge is 0.167 e. The SMILES string of the molecule is CCC(C)(O)C(=O)C1CCOC2(CCSCC2)C1. The summed E-state index contributed by atoms with van der Waals surface area (Å²) < 4.78 is 5.99. The minimum atomic E-state index is -1.16. The van der Waals surface area contributed by atoms with Crippen molar-refractivity contribution in [1.82, 2.24) is 0 Å². The highest BCUT2D eigenvalue weighted by Gasteiger charge is 2.44. The lowest BCUT2D eigenvalue weighted by Gasteiger charge is -2.44. The normalized spacial score (nSPS) is 30.9. The minimum Gasteiger partial charge on any atom is -0.382 e. The van der Waals surface area contributed by atoms with Crippen LogP contribution in [-0.2, 0) is 9.53 Å². The zero-order valence-corrected chi connectivity index (χ0v) is 12.2. The van der Waals surface area contributed by atoms with Crippen LogP contribution in [-0.4, -0.2) is 40.2 Å². The number of hydrogen-bond donors (Lipinski definition) is 1. The number of ketones is 1. The van der Waals surface area contributed by atoms with Gasteiger partial charge >= 0.3 is 0 Å². The molecule has 2 atom stereocenters. The van der Waals surface area contributed by atoms with Crippen molar-refractivity contribution in [3.8, 4) is 0 Å². The van der Waals surface area contributed by atoms with Crippen molar-refractivity contribution in [3.05, 3.63) is 0 Å². The molecule has 0 radical (unpaired) electrons. The van der Waals surface area contributed by atoms with Gasteiger partial charge in [-0.2, -0.15) is 11.8 Å². The highest BCUT2D eigenvalue weighted by Crippen LogP contribution is 2.41. The summed E-state index contributed by atoms with van der Waals surface area (Å²) in [5, 5.41) is 10.1. The summed E-state index contributed by atoms with van der Waals surface area (Å²) in [5.74, 6) is 2.26. The van der Waals surface area contributed by atoms with Crippen LogP contribution in [0, 0.1) is 5.92 Å². The molecule has 2 saturated heterocycles. The van der Waals surface area contributed by atoms with Crippen molar-refractivity contribution in [2.24, 2.45) is 5.92 Å². The largest absolute Gasteiger partial charge is 0.382 e. The van der Waals surface area contributed by atoms with Gasteiger partial charge < -0.3 is 9.84 Å². The summed E-state index contributed by atoms with van der Waals surface area (Å²) in [4.78, 5) is 12.4. The van der Waals surface area contributed by atoms with Crippen LogP contribution in [0.25, 0.3) is 0 Å². The van der Waals surface area contributed by atoms with E-state index in [2.05, 4.69) is 0 Å². The molecule has 2 fully saturated rings. The van der Waals surface area contributed by atoms with Crippen LogP contribution in [0.5, 0.6) is 0 Å². The molecule has 2 aliphatic rings. The lowest BCUT2D eigenvalue weighted by molar-refractivity contribution is -0.153. The molecule has 18 heavy (non-hydrogen) atoms. The van der Waals surface area contributed by atoms with E-state index in [0.29, 0.717) is 13.0 Å². The van der Waals surface area contributed by atoms with Crippen molar-refractivity contribution in [3.63, 3.8) is 0 Å². The van der Waals surface area contributed by atoms with Gasteiger partial charge in [-0.05, 0) is 50.5 Å². The van der Waals surface area contributed by atoms with E-state index in [-0.39, 0.29) is 17.3 Å². The summed E-state index contributed by atoms with van der Waals surface area (Å²) in [7, 11) is 0. The molecule has 0 aromatic rings. The number of carbonyl (C=O) groups is 1. The lowest BCUT2D eigenvalue weighted by Crippen LogP contribution is -2.48. The maximum Gasteiger partial charge on any atom is 0.167 e. The average molecular weight is 272 g/mol. The number of aliphatic hydroxyl groups is 1. The van der Waals surface area contributed by atoms with Gasteiger partial charge in [0.25, 0.3) is 0 Å². The van der Waals surface area contributed by atoms with E-state index >= 15 is 0 Å². The standard InChI is InChI=1S/C14H24O3S/c1-3-13(2,16)12(15)11-4-7-17-14(10-11)5-8-18-9-6-14/h11,16H,3-10H2,1-2H3. The molecule has 0 bridgehead atoms. The molecule has 0 amide bonds. The number of ether oxygens (including phenoxy) is 1. The van der Waals surface area contributed by atoms with Crippen molar-refractivity contribution >= 4 is 17.5 Å². The first kappa shape index (κ1) is 14.4. The minimum absolute atomic E-state index is 0.0169. The fourth-order valence-corrected chi connectivity index (χ4v) is 4.19. The Bertz CT molecular complexity index is 303. The van der Waals surface area contributed by atoms with E-state index in [0.717, 1.165) is 37.2 Å². The maximum absolute atomic E-state index is 12.4. The van der Waals surface area contributed by atoms with Crippen LogP contribution in [0.1, 0.15) is 46.0 Å². The molecule has 0 aromatic heterocycles. The molecule has 1 N–H and O–H groups in total. The highest BCUT2D eigenvalue weighted by atomic mass is 32.2. The highest BCUT2D eigenvalue weighted by molar-refractivity contribution is 7.99. The number of carbonyl (C=O) groups excluding carboxylic acids is 1. The van der Waals surface area contributed by atoms with Crippen LogP contribution >= 0.6 is 11.8 Å². The molecule has 2 heterocycles. The summed E-state index contributed by atoms with van der Waals surface area (Å²) in [5.41, 5.74) is -1.24. The number of rotatable bonds is 3. The summed E-state index contributed by atoms with van der Waals surface area (Å²) in [6, 6.07) is 0. The second kappa shape index (κ2) is 5.51. The van der Waals surface area contributed by atoms with E-state index in [9.17, 15) is 9.90 Å². The van der Waals surface area contributed by atoms with Gasteiger partial charge in [0.05, 0.1) is 5.60 Å². The molecule has 2 rings (SSSR count). The first-order valence-electron chi connectivity index (χ1n) is 6.97. The Morgan fingerprint density at radius 3 is 2.78 bits per heavy atom. The van der Waals surface area contributed by atoms with E-state index in [1.165, 1.54) is 0 Å². The maximum atomic E-state index is 12.4. The van der Waals surface area contributed by atoms with Crippen LogP contribution in [0.15, 0.2) is 0 Å². The molecule has 104 valence electrons. The molecule has 1 spiro atoms. The average Bonchev–Trinajstić information content (AvgIpc) is 2.39. The van der Waals surface area contributed by atoms with Gasteiger partial charge in [-0.15, -0.1) is 0 Å². The second-order valence-electron chi connectivity index (χ2n) is 5.83. The van der Waals surface area contributed by atoms with Crippen LogP contribution < -0.4 is 0 Å². The molecule has 0 aromatic carbocycles. The van der Waals surface area contributed by atoms with Crippen molar-refractivity contribution in [1.29, 1.82) is 0 Å². The van der Waals surface area contributed by atoms with Crippen molar-refractivity contribution in [2.45, 2.75) is 57.2 Å². The topological polar surface area (TPSA) is 46.5 Å². The van der Waals surface area contributed by atoms with Crippen LogP contribution in [0.2, 0.25) is 0 Å². The summed E-state index contributed by atoms with van der Waals surface area (Å²) >= 11 is 1.97. The van der Waals surface area contributed by atoms with E-state index < -0.39 is 5.60 Å². The van der Waals surface area contributed by atoms with Crippen molar-refractivity contribution in [2.75, 3.05) is 18.1 Å². The molecule has 2 aliphatic heterocycles. The number of Topliss-reactive ketones (excluding diaryl/α,β-unsaturated/α-hetero) is 1. The third-order valence-electron chi connectivity index (χ3n) is 4.49. The van der Waals surface area contributed by atoms with Crippen LogP contribution in [0.3, 0.4) is 0 Å². The zero-order chi connectivity index (χ0) is 13.2. The Morgan fingerprint density at radius 1 is 1.50 bits per heavy atom. The lowest BCUT2D eigenvalue weighted by atomic mass is 9.76. The van der Waals surface area contributed by atoms with E-state index in [4.69, 9.17) is 4.74 Å². The monoisotopic (exact) mass is 272 g/mol. The zero-order valence-electron chi connectivity index (χ0n) is 11.4. The van der Waals surface area contributed by atoms with Gasteiger partial charge in [0.15, 0.2) is 5.78 Å². The predicted molar refractivity (Wildman–Crippen MR) is 73.9 cm³/mol. The van der Waals surface area contributed by atoms with E-state index in [1.54, 1.807) is 6.92 Å². The Hall–Kier alpha value is -0.0600. The molecule has 4 heteroatoms. The van der Waals surface area contributed by atoms with E-state index in [1.807, 2.05) is 18.7 Å². The van der Waals surface area contributed by atoms with Gasteiger partial charge in [-0.1, -0.05) is 6.92 Å². The molecular weight excluding hydrogens is 248 g/mol. The Morgan fingerprint density at radius 2 is 2.17 bits per heavy atom. The Labute approximate surface area is 114 Å². The molecule has 2 unspecified atom stereocenters. The number of thioether (sulfide) groups is 1. The summed E-state index contributed by atoms with van der Waals surface area (Å²) in [6.07, 6.45) is 4.17. The quantitative estimate of drug-likeness (QED) is 0.857. The second-order valence-corrected chi connectivity index (χ2v) is 7.05. The summed E-state index contributed by atoms with van der Waals surface area (Å²) in [6.45, 7) is 4.18. The van der Waals surface area contributed by atoms with Gasteiger partial charge in [-0.3, -0.25) is 4.79 Å². The van der Waals surface area contributed by atoms with Gasteiger partial charge in [0.2, 0.25) is 0 Å². The molecule has 3 nitrogen and oxygen atoms in total. The first-order chi connectivity index (χ1) is 8.49. The number of hydrogen-bond acceptors (Lipinski definition) is 4. The fourth-order valence-electron chi connectivity index (χ4n) is 2.96. The fraction of sp³-hybridized carbons (Fsp3) is 0.929. The van der Waals surface area contributed by atoms with Gasteiger partial charge in [0.1, 0.15) is 5.60 Å². The van der Waals surface area contributed by atoms with Gasteiger partial charge in [0, 0.05) is 12.5 Å². The molecular formula is C14H24O3S. The molecule has 0 saturated carbocycles. The first-order valence-corrected chi connectivity index (χ1v) is 8.13. The Kier molecular flexibility index (Phi) is 4.40.